The van der Waals surface area contributed by atoms with Gasteiger partial charge in [0.15, 0.2) is 5.78 Å². The molecule has 30 heavy (non-hydrogen) atoms. The van der Waals surface area contributed by atoms with E-state index < -0.39 is 0 Å². The van der Waals surface area contributed by atoms with Crippen LogP contribution in [0.15, 0.2) is 42.7 Å². The van der Waals surface area contributed by atoms with Crippen LogP contribution in [0.5, 0.6) is 0 Å². The topological polar surface area (TPSA) is 91.0 Å². The van der Waals surface area contributed by atoms with Crippen molar-refractivity contribution < 1.29 is 19.1 Å². The quantitative estimate of drug-likeness (QED) is 0.778. The van der Waals surface area contributed by atoms with E-state index in [9.17, 15) is 14.4 Å². The summed E-state index contributed by atoms with van der Waals surface area (Å²) < 4.78 is 5.51. The van der Waals surface area contributed by atoms with Gasteiger partial charge in [0, 0.05) is 44.0 Å². The molecule has 3 atom stereocenters. The van der Waals surface area contributed by atoms with Crippen LogP contribution in [0.1, 0.15) is 19.3 Å². The predicted molar refractivity (Wildman–Crippen MR) is 112 cm³/mol. The van der Waals surface area contributed by atoms with Gasteiger partial charge in [-0.05, 0) is 31.4 Å². The van der Waals surface area contributed by atoms with Gasteiger partial charge in [-0.25, -0.2) is 4.79 Å². The number of hydrogen-bond acceptors (Lipinski definition) is 5. The number of para-hydroxylation sites is 1. The van der Waals surface area contributed by atoms with Crippen molar-refractivity contribution in [3.8, 4) is 0 Å². The van der Waals surface area contributed by atoms with Crippen LogP contribution in [0.25, 0.3) is 0 Å². The van der Waals surface area contributed by atoms with Crippen LogP contribution in [0.3, 0.4) is 0 Å². The minimum atomic E-state index is -0.227. The smallest absolute Gasteiger partial charge is 0.317 e. The van der Waals surface area contributed by atoms with Crippen LogP contribution in [0.4, 0.5) is 10.5 Å². The summed E-state index contributed by atoms with van der Waals surface area (Å²) in [6.45, 7) is 2.69. The number of urea groups is 1. The second kappa shape index (κ2) is 9.19. The summed E-state index contributed by atoms with van der Waals surface area (Å²) in [5.74, 6) is -0.355. The summed E-state index contributed by atoms with van der Waals surface area (Å²) in [6, 6.07) is 9.85. The van der Waals surface area contributed by atoms with Gasteiger partial charge in [0.05, 0.1) is 18.7 Å². The number of piperazine rings is 1. The minimum Gasteiger partial charge on any atom is -0.497 e. The fourth-order valence-corrected chi connectivity index (χ4v) is 4.42. The van der Waals surface area contributed by atoms with Gasteiger partial charge in [-0.2, -0.15) is 0 Å². The summed E-state index contributed by atoms with van der Waals surface area (Å²) >= 11 is 0. The van der Waals surface area contributed by atoms with Gasteiger partial charge >= 0.3 is 6.03 Å². The maximum atomic E-state index is 12.4. The van der Waals surface area contributed by atoms with E-state index in [4.69, 9.17) is 4.74 Å². The molecule has 160 valence electrons. The lowest BCUT2D eigenvalue weighted by atomic mass is 9.80. The molecular weight excluding hydrogens is 384 g/mol. The molecule has 0 bridgehead atoms. The Morgan fingerprint density at radius 2 is 1.83 bits per heavy atom. The Labute approximate surface area is 176 Å². The summed E-state index contributed by atoms with van der Waals surface area (Å²) in [6.07, 6.45) is 4.94. The van der Waals surface area contributed by atoms with E-state index in [0.29, 0.717) is 19.5 Å². The van der Waals surface area contributed by atoms with E-state index in [0.717, 1.165) is 31.6 Å². The monoisotopic (exact) mass is 412 g/mol. The largest absolute Gasteiger partial charge is 0.497 e. The fraction of sp³-hybridized carbons (Fsp3) is 0.500. The second-order valence-electron chi connectivity index (χ2n) is 8.03. The number of fused-ring (bicyclic) bond motifs is 1. The van der Waals surface area contributed by atoms with Crippen molar-refractivity contribution in [2.75, 3.05) is 37.6 Å². The van der Waals surface area contributed by atoms with Gasteiger partial charge in [-0.15, -0.1) is 0 Å². The van der Waals surface area contributed by atoms with Gasteiger partial charge < -0.3 is 25.2 Å². The Bertz CT molecular complexity index is 805. The molecule has 1 aliphatic carbocycles. The average molecular weight is 412 g/mol. The molecule has 0 radical (unpaired) electrons. The lowest BCUT2D eigenvalue weighted by Crippen LogP contribution is -2.53. The number of hydrogen-bond donors (Lipinski definition) is 2. The van der Waals surface area contributed by atoms with E-state index in [-0.39, 0.29) is 42.3 Å². The molecule has 1 saturated carbocycles. The third-order valence-electron chi connectivity index (χ3n) is 6.09. The van der Waals surface area contributed by atoms with Crippen molar-refractivity contribution in [1.82, 2.24) is 15.5 Å². The Hall–Kier alpha value is -3.03. The molecule has 2 heterocycles. The molecule has 4 rings (SSSR count). The maximum Gasteiger partial charge on any atom is 0.317 e. The van der Waals surface area contributed by atoms with Crippen LogP contribution in [-0.2, 0) is 14.3 Å². The van der Waals surface area contributed by atoms with Gasteiger partial charge in [0.2, 0.25) is 5.91 Å². The Morgan fingerprint density at radius 3 is 2.60 bits per heavy atom. The second-order valence-corrected chi connectivity index (χ2v) is 8.03. The number of benzene rings is 1. The van der Waals surface area contributed by atoms with Crippen LogP contribution in [0.2, 0.25) is 0 Å². The maximum absolute atomic E-state index is 12.4. The number of carbonyl (C=O) groups is 3. The first-order valence-corrected chi connectivity index (χ1v) is 10.6. The van der Waals surface area contributed by atoms with Crippen molar-refractivity contribution >= 4 is 23.4 Å². The van der Waals surface area contributed by atoms with E-state index in [1.807, 2.05) is 18.2 Å². The summed E-state index contributed by atoms with van der Waals surface area (Å²) in [5, 5.41) is 5.66. The minimum absolute atomic E-state index is 0.0628. The zero-order chi connectivity index (χ0) is 20.9. The highest BCUT2D eigenvalue weighted by Crippen LogP contribution is 2.30. The third kappa shape index (κ3) is 4.75. The highest BCUT2D eigenvalue weighted by Gasteiger charge is 2.37. The fourth-order valence-electron chi connectivity index (χ4n) is 4.42. The van der Waals surface area contributed by atoms with Gasteiger partial charge in [0.25, 0.3) is 0 Å². The molecule has 0 spiro atoms. The number of amides is 3. The summed E-state index contributed by atoms with van der Waals surface area (Å²) in [5.41, 5.74) is 1.16. The number of rotatable bonds is 4. The van der Waals surface area contributed by atoms with Crippen LogP contribution in [-0.4, -0.2) is 67.5 Å². The first kappa shape index (κ1) is 20.3. The van der Waals surface area contributed by atoms with Gasteiger partial charge in [0.1, 0.15) is 6.10 Å². The Balaban J connectivity index is 1.18. The first-order chi connectivity index (χ1) is 14.6. The molecule has 8 heteroatoms. The highest BCUT2D eigenvalue weighted by molar-refractivity contribution is 5.92. The van der Waals surface area contributed by atoms with Crippen LogP contribution in [0, 0.1) is 5.92 Å². The Kier molecular flexibility index (Phi) is 6.21. The molecule has 2 fully saturated rings. The van der Waals surface area contributed by atoms with Crippen molar-refractivity contribution in [3.63, 3.8) is 0 Å². The zero-order valence-corrected chi connectivity index (χ0v) is 17.0. The molecule has 1 aromatic rings. The molecule has 3 unspecified atom stereocenters. The van der Waals surface area contributed by atoms with E-state index in [1.54, 1.807) is 4.90 Å². The Morgan fingerprint density at radius 1 is 1.07 bits per heavy atom. The third-order valence-corrected chi connectivity index (χ3v) is 6.09. The molecule has 8 nitrogen and oxygen atoms in total. The number of carbonyl (C=O) groups excluding carboxylic acids is 3. The molecule has 0 aromatic heterocycles. The van der Waals surface area contributed by atoms with E-state index in [2.05, 4.69) is 27.7 Å². The number of ketones is 1. The van der Waals surface area contributed by atoms with E-state index in [1.165, 1.54) is 12.3 Å². The first-order valence-electron chi connectivity index (χ1n) is 10.6. The molecule has 2 N–H and O–H groups in total. The summed E-state index contributed by atoms with van der Waals surface area (Å²) in [4.78, 5) is 40.7. The van der Waals surface area contributed by atoms with E-state index >= 15 is 0 Å². The lowest BCUT2D eigenvalue weighted by molar-refractivity contribution is -0.128. The number of nitrogens with zero attached hydrogens (tertiary/aromatic N) is 2. The van der Waals surface area contributed by atoms with Crippen molar-refractivity contribution in [2.24, 2.45) is 5.92 Å². The molecule has 2 aliphatic heterocycles. The average Bonchev–Trinajstić information content (AvgIpc) is 2.79. The highest BCUT2D eigenvalue weighted by atomic mass is 16.5. The zero-order valence-electron chi connectivity index (χ0n) is 17.0. The normalized spacial score (nSPS) is 25.9. The number of nitrogens with one attached hydrogen (secondary N) is 2. The van der Waals surface area contributed by atoms with Gasteiger partial charge in [-0.3, -0.25) is 9.59 Å². The SMILES string of the molecule is O=C(CNC(=O)N1CCN(c2ccccc2)CC1)NC1CCC2OC=CC(=O)C2C1. The van der Waals surface area contributed by atoms with Crippen LogP contribution >= 0.6 is 0 Å². The van der Waals surface area contributed by atoms with Gasteiger partial charge in [-0.1, -0.05) is 18.2 Å². The number of anilines is 1. The molecule has 1 saturated heterocycles. The molecular formula is C22H28N4O4. The number of allylic oxidation sites excluding steroid dienone is 1. The lowest BCUT2D eigenvalue weighted by Gasteiger charge is -2.36. The number of ether oxygens (including phenoxy) is 1. The summed E-state index contributed by atoms with van der Waals surface area (Å²) in [7, 11) is 0. The standard InChI is InChI=1S/C22H28N4O4/c27-19-8-13-30-20-7-6-16(14-18(19)20)24-21(28)15-23-22(29)26-11-9-25(10-12-26)17-4-2-1-3-5-17/h1-5,8,13,16,18,20H,6-7,9-12,14-15H2,(H,23,29)(H,24,28). The van der Waals surface area contributed by atoms with Crippen molar-refractivity contribution in [1.29, 1.82) is 0 Å². The van der Waals surface area contributed by atoms with Crippen molar-refractivity contribution in [2.45, 2.75) is 31.4 Å². The molecule has 3 amide bonds. The predicted octanol–water partition coefficient (Wildman–Crippen LogP) is 1.28. The van der Waals surface area contributed by atoms with Crippen LogP contribution < -0.4 is 15.5 Å². The molecule has 3 aliphatic rings. The molecule has 1 aromatic carbocycles. The van der Waals surface area contributed by atoms with Crippen molar-refractivity contribution in [3.05, 3.63) is 42.7 Å².